The number of alkyl halides is 2. The number of carbonyl (C=O) groups excluding carboxylic acids is 1. The summed E-state index contributed by atoms with van der Waals surface area (Å²) in [6, 6.07) is -1.00. The van der Waals surface area contributed by atoms with Crippen molar-refractivity contribution in [2.24, 2.45) is 11.8 Å². The number of halogens is 2. The maximum atomic E-state index is 13.0. The van der Waals surface area contributed by atoms with E-state index >= 15 is 0 Å². The predicted octanol–water partition coefficient (Wildman–Crippen LogP) is 1.10. The van der Waals surface area contributed by atoms with Crippen molar-refractivity contribution in [3.8, 4) is 0 Å². The van der Waals surface area contributed by atoms with Gasteiger partial charge in [-0.3, -0.25) is 4.79 Å². The molecule has 0 bridgehead atoms. The molecule has 0 spiro atoms. The van der Waals surface area contributed by atoms with Crippen molar-refractivity contribution in [3.05, 3.63) is 0 Å². The van der Waals surface area contributed by atoms with E-state index in [1.54, 1.807) is 6.26 Å². The highest BCUT2D eigenvalue weighted by Gasteiger charge is 2.47. The molecule has 2 aliphatic heterocycles. The lowest BCUT2D eigenvalue weighted by Crippen LogP contribution is -2.64. The zero-order valence-electron chi connectivity index (χ0n) is 18.1. The van der Waals surface area contributed by atoms with E-state index in [-0.39, 0.29) is 24.2 Å². The summed E-state index contributed by atoms with van der Waals surface area (Å²) in [4.78, 5) is 12.8. The minimum atomic E-state index is -2.67. The van der Waals surface area contributed by atoms with Gasteiger partial charge in [0.2, 0.25) is 11.8 Å². The van der Waals surface area contributed by atoms with Gasteiger partial charge in [0.15, 0.2) is 0 Å². The Hall–Kier alpha value is -0.520. The van der Waals surface area contributed by atoms with Gasteiger partial charge in [0, 0.05) is 6.42 Å². The summed E-state index contributed by atoms with van der Waals surface area (Å²) < 4.78 is 31.8. The standard InChI is InChI=1S/C20H36F2N2O5S/c1-10(2)13(17-15(26)14(25)16(27)19(29-17)30-4)24-18(28)12-8-11(9-23-12)6-5-7-20(3,21)22/h10-17,19,23,25-27H,5-9H2,1-4H3,(H,24,28)/t11-,12+,13-,14+,15-,16-,17-,19-/m1/s1. The summed E-state index contributed by atoms with van der Waals surface area (Å²) >= 11 is 1.22. The van der Waals surface area contributed by atoms with Gasteiger partial charge in [0.25, 0.3) is 0 Å². The van der Waals surface area contributed by atoms with Crippen LogP contribution in [0.4, 0.5) is 8.78 Å². The average molecular weight is 455 g/mol. The Morgan fingerprint density at radius 1 is 1.27 bits per heavy atom. The minimum Gasteiger partial charge on any atom is -0.388 e. The van der Waals surface area contributed by atoms with Gasteiger partial charge in [-0.15, -0.1) is 11.8 Å². The van der Waals surface area contributed by atoms with E-state index in [4.69, 9.17) is 4.74 Å². The molecule has 0 aromatic heterocycles. The normalized spacial score (nSPS) is 36.1. The maximum Gasteiger partial charge on any atom is 0.245 e. The second kappa shape index (κ2) is 10.9. The summed E-state index contributed by atoms with van der Waals surface area (Å²) in [5.74, 6) is -2.84. The molecule has 5 N–H and O–H groups in total. The smallest absolute Gasteiger partial charge is 0.245 e. The van der Waals surface area contributed by atoms with E-state index < -0.39 is 47.9 Å². The molecule has 0 aromatic carbocycles. The molecule has 8 atom stereocenters. The Morgan fingerprint density at radius 2 is 1.93 bits per heavy atom. The van der Waals surface area contributed by atoms with Crippen LogP contribution >= 0.6 is 11.8 Å². The first-order valence-electron chi connectivity index (χ1n) is 10.6. The molecule has 0 unspecified atom stereocenters. The summed E-state index contributed by atoms with van der Waals surface area (Å²) in [5, 5.41) is 36.8. The zero-order valence-corrected chi connectivity index (χ0v) is 18.9. The number of hydrogen-bond donors (Lipinski definition) is 5. The third-order valence-electron chi connectivity index (χ3n) is 5.99. The molecule has 2 rings (SSSR count). The van der Waals surface area contributed by atoms with Crippen molar-refractivity contribution in [2.45, 2.75) is 94.3 Å². The molecule has 7 nitrogen and oxygen atoms in total. The van der Waals surface area contributed by atoms with Crippen LogP contribution in [0.25, 0.3) is 0 Å². The van der Waals surface area contributed by atoms with Crippen LogP contribution in [-0.4, -0.2) is 81.9 Å². The second-order valence-electron chi connectivity index (χ2n) is 8.98. The van der Waals surface area contributed by atoms with Gasteiger partial charge in [-0.05, 0) is 50.8 Å². The Morgan fingerprint density at radius 3 is 2.50 bits per heavy atom. The molecule has 0 radical (unpaired) electrons. The molecule has 0 aliphatic carbocycles. The Labute approximate surface area is 181 Å². The van der Waals surface area contributed by atoms with E-state index in [1.807, 2.05) is 13.8 Å². The predicted molar refractivity (Wildman–Crippen MR) is 111 cm³/mol. The number of hydrogen-bond acceptors (Lipinski definition) is 7. The molecule has 2 fully saturated rings. The Bertz CT molecular complexity index is 564. The van der Waals surface area contributed by atoms with Gasteiger partial charge in [-0.25, -0.2) is 8.78 Å². The van der Waals surface area contributed by atoms with Gasteiger partial charge < -0.3 is 30.7 Å². The number of aliphatic hydroxyl groups excluding tert-OH is 3. The fourth-order valence-corrected chi connectivity index (χ4v) is 4.87. The molecule has 1 amide bonds. The third kappa shape index (κ3) is 6.74. The number of aliphatic hydroxyl groups is 3. The number of ether oxygens (including phenoxy) is 1. The van der Waals surface area contributed by atoms with Crippen LogP contribution in [0.1, 0.15) is 46.5 Å². The van der Waals surface area contributed by atoms with Crippen LogP contribution in [0.15, 0.2) is 0 Å². The van der Waals surface area contributed by atoms with Crippen LogP contribution in [0.5, 0.6) is 0 Å². The number of thioether (sulfide) groups is 1. The highest BCUT2D eigenvalue weighted by Crippen LogP contribution is 2.31. The monoisotopic (exact) mass is 454 g/mol. The summed E-state index contributed by atoms with van der Waals surface area (Å²) in [6.07, 6.45) is -1.60. The second-order valence-corrected chi connectivity index (χ2v) is 9.92. The molecular weight excluding hydrogens is 418 g/mol. The third-order valence-corrected chi connectivity index (χ3v) is 6.84. The lowest BCUT2D eigenvalue weighted by molar-refractivity contribution is -0.208. The zero-order chi connectivity index (χ0) is 22.6. The van der Waals surface area contributed by atoms with Gasteiger partial charge >= 0.3 is 0 Å². The van der Waals surface area contributed by atoms with E-state index in [9.17, 15) is 28.9 Å². The van der Waals surface area contributed by atoms with Crippen LogP contribution < -0.4 is 10.6 Å². The van der Waals surface area contributed by atoms with Crippen molar-refractivity contribution >= 4 is 17.7 Å². The molecule has 0 aromatic rings. The summed E-state index contributed by atoms with van der Waals surface area (Å²) in [7, 11) is 0. The quantitative estimate of drug-likeness (QED) is 0.355. The highest BCUT2D eigenvalue weighted by atomic mass is 32.2. The Kier molecular flexibility index (Phi) is 9.33. The van der Waals surface area contributed by atoms with Crippen molar-refractivity contribution in [1.82, 2.24) is 10.6 Å². The molecule has 2 aliphatic rings. The first-order chi connectivity index (χ1) is 13.9. The van der Waals surface area contributed by atoms with Crippen molar-refractivity contribution in [1.29, 1.82) is 0 Å². The maximum absolute atomic E-state index is 13.0. The van der Waals surface area contributed by atoms with Gasteiger partial charge in [0.1, 0.15) is 29.9 Å². The largest absolute Gasteiger partial charge is 0.388 e. The van der Waals surface area contributed by atoms with Crippen molar-refractivity contribution in [3.63, 3.8) is 0 Å². The van der Waals surface area contributed by atoms with E-state index in [2.05, 4.69) is 10.6 Å². The molecule has 0 saturated carbocycles. The molecular formula is C20H36F2N2O5S. The van der Waals surface area contributed by atoms with Gasteiger partial charge in [-0.1, -0.05) is 13.8 Å². The fourth-order valence-electron chi connectivity index (χ4n) is 4.19. The van der Waals surface area contributed by atoms with E-state index in [1.165, 1.54) is 11.8 Å². The fraction of sp³-hybridized carbons (Fsp3) is 0.950. The van der Waals surface area contributed by atoms with Crippen LogP contribution in [0, 0.1) is 11.8 Å². The van der Waals surface area contributed by atoms with Crippen molar-refractivity contribution < 1.29 is 33.6 Å². The average Bonchev–Trinajstić information content (AvgIpc) is 3.12. The first-order valence-corrected chi connectivity index (χ1v) is 11.9. The Balaban J connectivity index is 1.94. The molecule has 2 heterocycles. The van der Waals surface area contributed by atoms with Gasteiger partial charge in [-0.2, -0.15) is 0 Å². The molecule has 30 heavy (non-hydrogen) atoms. The van der Waals surface area contributed by atoms with Crippen LogP contribution in [0.3, 0.4) is 0 Å². The molecule has 2 saturated heterocycles. The number of amides is 1. The summed E-state index contributed by atoms with van der Waals surface area (Å²) in [5.41, 5.74) is -0.711. The lowest BCUT2D eigenvalue weighted by Gasteiger charge is -2.44. The van der Waals surface area contributed by atoms with E-state index in [0.717, 1.165) is 6.92 Å². The number of rotatable bonds is 9. The molecule has 176 valence electrons. The topological polar surface area (TPSA) is 111 Å². The number of nitrogens with one attached hydrogen (secondary N) is 2. The van der Waals surface area contributed by atoms with Crippen LogP contribution in [0.2, 0.25) is 0 Å². The SMILES string of the molecule is CS[C@H]1O[C@H]([C@H](NC(=O)[C@@H]2C[C@@H](CCCC(C)(F)F)CN2)C(C)C)[C@H](O)[C@H](O)[C@H]1O. The van der Waals surface area contributed by atoms with Crippen molar-refractivity contribution in [2.75, 3.05) is 12.8 Å². The van der Waals surface area contributed by atoms with Gasteiger partial charge in [0.05, 0.1) is 12.1 Å². The first kappa shape index (κ1) is 25.7. The minimum absolute atomic E-state index is 0.0949. The highest BCUT2D eigenvalue weighted by molar-refractivity contribution is 7.99. The van der Waals surface area contributed by atoms with Crippen LogP contribution in [-0.2, 0) is 9.53 Å². The van der Waals surface area contributed by atoms with E-state index in [0.29, 0.717) is 25.8 Å². The number of carbonyl (C=O) groups is 1. The molecule has 10 heteroatoms. The summed E-state index contributed by atoms with van der Waals surface area (Å²) in [6.45, 7) is 5.27. The lowest BCUT2D eigenvalue weighted by atomic mass is 9.88.